The standard InChI is InChI=1S/C12H13BrN2O2S/c1-16-10-3-8(9(13)4-11(10)17-2)12-15-6-7(5-14)18-12/h3-4,6H,5,14H2,1-2H3. The lowest BCUT2D eigenvalue weighted by molar-refractivity contribution is 0.355. The van der Waals surface area contributed by atoms with Gasteiger partial charge in [-0.25, -0.2) is 4.98 Å². The van der Waals surface area contributed by atoms with Crippen molar-refractivity contribution in [3.8, 4) is 22.1 Å². The summed E-state index contributed by atoms with van der Waals surface area (Å²) in [7, 11) is 3.22. The smallest absolute Gasteiger partial charge is 0.161 e. The molecule has 1 heterocycles. The average Bonchev–Trinajstić information content (AvgIpc) is 2.86. The van der Waals surface area contributed by atoms with Gasteiger partial charge in [0.1, 0.15) is 5.01 Å². The molecule has 0 unspecified atom stereocenters. The van der Waals surface area contributed by atoms with Crippen molar-refractivity contribution in [1.82, 2.24) is 4.98 Å². The predicted octanol–water partition coefficient (Wildman–Crippen LogP) is 3.05. The molecule has 0 aliphatic carbocycles. The number of ether oxygens (including phenoxy) is 2. The number of hydrogen-bond acceptors (Lipinski definition) is 5. The average molecular weight is 329 g/mol. The van der Waals surface area contributed by atoms with Gasteiger partial charge in [-0.05, 0) is 28.1 Å². The second-order valence-electron chi connectivity index (χ2n) is 3.52. The first-order chi connectivity index (χ1) is 8.69. The van der Waals surface area contributed by atoms with Gasteiger partial charge in [-0.2, -0.15) is 0 Å². The van der Waals surface area contributed by atoms with Crippen LogP contribution in [0, 0.1) is 0 Å². The van der Waals surface area contributed by atoms with E-state index in [1.807, 2.05) is 12.1 Å². The number of methoxy groups -OCH3 is 2. The molecule has 1 aromatic heterocycles. The summed E-state index contributed by atoms with van der Waals surface area (Å²) < 4.78 is 11.4. The molecule has 0 aliphatic heterocycles. The minimum absolute atomic E-state index is 0.503. The Labute approximate surface area is 118 Å². The molecule has 2 rings (SSSR count). The lowest BCUT2D eigenvalue weighted by Crippen LogP contribution is -1.92. The number of nitrogens with two attached hydrogens (primary N) is 1. The fourth-order valence-corrected chi connectivity index (χ4v) is 3.01. The maximum absolute atomic E-state index is 5.60. The van der Waals surface area contributed by atoms with Crippen molar-refractivity contribution in [1.29, 1.82) is 0 Å². The molecular formula is C12H13BrN2O2S. The van der Waals surface area contributed by atoms with Crippen molar-refractivity contribution in [3.63, 3.8) is 0 Å². The molecule has 0 spiro atoms. The molecule has 4 nitrogen and oxygen atoms in total. The third-order valence-corrected chi connectivity index (χ3v) is 4.17. The van der Waals surface area contributed by atoms with Crippen LogP contribution in [0.5, 0.6) is 11.5 Å². The van der Waals surface area contributed by atoms with Gasteiger partial charge in [-0.3, -0.25) is 0 Å². The van der Waals surface area contributed by atoms with E-state index in [9.17, 15) is 0 Å². The zero-order chi connectivity index (χ0) is 13.1. The maximum atomic E-state index is 5.60. The quantitative estimate of drug-likeness (QED) is 0.937. The molecule has 0 radical (unpaired) electrons. The summed E-state index contributed by atoms with van der Waals surface area (Å²) in [4.78, 5) is 5.41. The Bertz CT molecular complexity index is 557. The van der Waals surface area contributed by atoms with Crippen LogP contribution >= 0.6 is 27.3 Å². The van der Waals surface area contributed by atoms with Crippen molar-refractivity contribution < 1.29 is 9.47 Å². The van der Waals surface area contributed by atoms with E-state index in [0.717, 1.165) is 19.9 Å². The van der Waals surface area contributed by atoms with E-state index >= 15 is 0 Å². The molecule has 0 atom stereocenters. The maximum Gasteiger partial charge on any atom is 0.161 e. The molecule has 0 aliphatic rings. The van der Waals surface area contributed by atoms with Crippen molar-refractivity contribution in [3.05, 3.63) is 27.7 Å². The lowest BCUT2D eigenvalue weighted by atomic mass is 10.2. The highest BCUT2D eigenvalue weighted by atomic mass is 79.9. The highest BCUT2D eigenvalue weighted by molar-refractivity contribution is 9.10. The van der Waals surface area contributed by atoms with Crippen LogP contribution in [0.3, 0.4) is 0 Å². The topological polar surface area (TPSA) is 57.4 Å². The number of halogens is 1. The van der Waals surface area contributed by atoms with Crippen LogP contribution in [0.25, 0.3) is 10.6 Å². The summed E-state index contributed by atoms with van der Waals surface area (Å²) in [6, 6.07) is 3.78. The van der Waals surface area contributed by atoms with Gasteiger partial charge in [0.05, 0.1) is 14.2 Å². The molecule has 6 heteroatoms. The monoisotopic (exact) mass is 328 g/mol. The molecule has 0 saturated carbocycles. The Balaban J connectivity index is 2.50. The van der Waals surface area contributed by atoms with Crippen molar-refractivity contribution in [2.24, 2.45) is 5.73 Å². The number of thiazole rings is 1. The number of nitrogens with zero attached hydrogens (tertiary/aromatic N) is 1. The third kappa shape index (κ3) is 2.50. The van der Waals surface area contributed by atoms with Crippen LogP contribution in [-0.4, -0.2) is 19.2 Å². The number of rotatable bonds is 4. The molecule has 2 aromatic rings. The summed E-state index contributed by atoms with van der Waals surface area (Å²) in [5.41, 5.74) is 6.56. The van der Waals surface area contributed by atoms with E-state index in [4.69, 9.17) is 15.2 Å². The van der Waals surface area contributed by atoms with Gasteiger partial charge in [-0.15, -0.1) is 11.3 Å². The van der Waals surface area contributed by atoms with E-state index in [2.05, 4.69) is 20.9 Å². The minimum Gasteiger partial charge on any atom is -0.493 e. The summed E-state index contributed by atoms with van der Waals surface area (Å²) in [6.07, 6.45) is 1.79. The van der Waals surface area contributed by atoms with E-state index < -0.39 is 0 Å². The van der Waals surface area contributed by atoms with Gasteiger partial charge in [0.15, 0.2) is 11.5 Å². The second kappa shape index (κ2) is 5.69. The highest BCUT2D eigenvalue weighted by Gasteiger charge is 2.13. The molecule has 0 saturated heterocycles. The van der Waals surface area contributed by atoms with E-state index in [-0.39, 0.29) is 0 Å². The first-order valence-corrected chi connectivity index (χ1v) is 6.87. The molecule has 0 fully saturated rings. The van der Waals surface area contributed by atoms with Gasteiger partial charge in [0.2, 0.25) is 0 Å². The number of aromatic nitrogens is 1. The Hall–Kier alpha value is -1.11. The lowest BCUT2D eigenvalue weighted by Gasteiger charge is -2.10. The molecule has 18 heavy (non-hydrogen) atoms. The zero-order valence-electron chi connectivity index (χ0n) is 10.1. The Morgan fingerprint density at radius 1 is 1.28 bits per heavy atom. The molecule has 96 valence electrons. The summed E-state index contributed by atoms with van der Waals surface area (Å²) in [5, 5.41) is 0.906. The third-order valence-electron chi connectivity index (χ3n) is 2.46. The van der Waals surface area contributed by atoms with E-state index in [0.29, 0.717) is 18.0 Å². The molecule has 0 amide bonds. The number of benzene rings is 1. The van der Waals surface area contributed by atoms with E-state index in [1.165, 1.54) is 0 Å². The Morgan fingerprint density at radius 2 is 1.94 bits per heavy atom. The van der Waals surface area contributed by atoms with Gasteiger partial charge >= 0.3 is 0 Å². The first-order valence-electron chi connectivity index (χ1n) is 5.26. The van der Waals surface area contributed by atoms with Crippen LogP contribution in [-0.2, 0) is 6.54 Å². The van der Waals surface area contributed by atoms with Crippen LogP contribution in [0.15, 0.2) is 22.8 Å². The summed E-state index contributed by atoms with van der Waals surface area (Å²) in [6.45, 7) is 0.503. The van der Waals surface area contributed by atoms with Crippen LogP contribution in [0.4, 0.5) is 0 Å². The van der Waals surface area contributed by atoms with Gasteiger partial charge in [0.25, 0.3) is 0 Å². The molecule has 2 N–H and O–H groups in total. The Kier molecular flexibility index (Phi) is 4.21. The summed E-state index contributed by atoms with van der Waals surface area (Å²) in [5.74, 6) is 1.36. The largest absolute Gasteiger partial charge is 0.493 e. The normalized spacial score (nSPS) is 10.4. The molecule has 1 aromatic carbocycles. The van der Waals surface area contributed by atoms with Crippen molar-refractivity contribution >= 4 is 27.3 Å². The minimum atomic E-state index is 0.503. The second-order valence-corrected chi connectivity index (χ2v) is 5.49. The predicted molar refractivity (Wildman–Crippen MR) is 76.2 cm³/mol. The van der Waals surface area contributed by atoms with Gasteiger partial charge in [0, 0.05) is 27.7 Å². The van der Waals surface area contributed by atoms with Crippen molar-refractivity contribution in [2.45, 2.75) is 6.54 Å². The number of hydrogen-bond donors (Lipinski definition) is 1. The van der Waals surface area contributed by atoms with Crippen LogP contribution in [0.2, 0.25) is 0 Å². The SMILES string of the molecule is COc1cc(Br)c(-c2ncc(CN)s2)cc1OC. The molecular weight excluding hydrogens is 316 g/mol. The fourth-order valence-electron chi connectivity index (χ4n) is 1.54. The molecule has 0 bridgehead atoms. The van der Waals surface area contributed by atoms with Gasteiger partial charge < -0.3 is 15.2 Å². The van der Waals surface area contributed by atoms with Crippen molar-refractivity contribution in [2.75, 3.05) is 14.2 Å². The zero-order valence-corrected chi connectivity index (χ0v) is 12.5. The first kappa shape index (κ1) is 13.3. The van der Waals surface area contributed by atoms with E-state index in [1.54, 1.807) is 31.8 Å². The van der Waals surface area contributed by atoms with Crippen LogP contribution in [0.1, 0.15) is 4.88 Å². The highest BCUT2D eigenvalue weighted by Crippen LogP contribution is 2.39. The summed E-state index contributed by atoms with van der Waals surface area (Å²) >= 11 is 5.09. The Morgan fingerprint density at radius 3 is 2.50 bits per heavy atom. The fraction of sp³-hybridized carbons (Fsp3) is 0.250. The van der Waals surface area contributed by atoms with Crippen LogP contribution < -0.4 is 15.2 Å². The van der Waals surface area contributed by atoms with Gasteiger partial charge in [-0.1, -0.05) is 0 Å².